The first-order chi connectivity index (χ1) is 27.0. The summed E-state index contributed by atoms with van der Waals surface area (Å²) in [5, 5.41) is 17.9. The first kappa shape index (κ1) is 47.3. The van der Waals surface area contributed by atoms with E-state index in [1.807, 2.05) is 55.9 Å². The quantitative estimate of drug-likeness (QED) is 0.0679. The molecule has 6 N–H and O–H groups in total. The molecule has 11 nitrogen and oxygen atoms in total. The number of carbonyl (C=O) groups is 5. The van der Waals surface area contributed by atoms with Gasteiger partial charge in [-0.1, -0.05) is 122 Å². The van der Waals surface area contributed by atoms with E-state index in [0.717, 1.165) is 101 Å². The fourth-order valence-electron chi connectivity index (χ4n) is 8.36. The number of rotatable bonds is 16. The van der Waals surface area contributed by atoms with Crippen LogP contribution in [0.1, 0.15) is 149 Å². The van der Waals surface area contributed by atoms with E-state index in [1.54, 1.807) is 4.90 Å². The van der Waals surface area contributed by atoms with E-state index in [1.165, 1.54) is 12.8 Å². The van der Waals surface area contributed by atoms with E-state index in [2.05, 4.69) is 29.8 Å². The number of aliphatic hydroxyl groups excluding tert-OH is 1. The minimum Gasteiger partial charge on any atom is -0.392 e. The second-order valence-electron chi connectivity index (χ2n) is 16.6. The van der Waals surface area contributed by atoms with Gasteiger partial charge in [0, 0.05) is 12.3 Å². The van der Waals surface area contributed by atoms with Crippen LogP contribution in [0, 0.1) is 17.8 Å². The minimum absolute atomic E-state index is 0.00427. The SMILES string of the molecule is CC.CC(C)CCSCC1(NC(=O)NC(C(=O)N2CCC[C@H]2C(=O)NC(CC2CCC2)C(=O)C(N)=O)C2CCCCC2)CCCCCC1.OCc1ccccc1. The van der Waals surface area contributed by atoms with Crippen LogP contribution in [-0.2, 0) is 25.8 Å². The molecule has 4 fully saturated rings. The van der Waals surface area contributed by atoms with E-state index < -0.39 is 35.7 Å². The number of primary amides is 1. The molecule has 0 spiro atoms. The Labute approximate surface area is 341 Å². The second kappa shape index (κ2) is 25.3. The molecule has 0 aromatic heterocycles. The molecule has 5 amide bonds. The van der Waals surface area contributed by atoms with Crippen molar-refractivity contribution in [1.82, 2.24) is 20.9 Å². The van der Waals surface area contributed by atoms with Crippen molar-refractivity contribution < 1.29 is 29.1 Å². The van der Waals surface area contributed by atoms with Gasteiger partial charge in [-0.15, -0.1) is 0 Å². The topological polar surface area (TPSA) is 171 Å². The number of hydrogen-bond acceptors (Lipinski definition) is 7. The van der Waals surface area contributed by atoms with Gasteiger partial charge in [0.15, 0.2) is 0 Å². The Morgan fingerprint density at radius 1 is 0.857 bits per heavy atom. The van der Waals surface area contributed by atoms with Crippen molar-refractivity contribution in [3.63, 3.8) is 0 Å². The number of aliphatic hydroxyl groups is 1. The van der Waals surface area contributed by atoms with Crippen molar-refractivity contribution in [2.45, 2.75) is 174 Å². The zero-order valence-corrected chi connectivity index (χ0v) is 35.6. The molecular formula is C44H73N5O6S. The Morgan fingerprint density at radius 3 is 2.05 bits per heavy atom. The molecule has 56 heavy (non-hydrogen) atoms. The van der Waals surface area contributed by atoms with Gasteiger partial charge in [-0.3, -0.25) is 19.2 Å². The Morgan fingerprint density at radius 2 is 1.50 bits per heavy atom. The van der Waals surface area contributed by atoms with E-state index in [-0.39, 0.29) is 35.9 Å². The van der Waals surface area contributed by atoms with Crippen LogP contribution in [-0.4, -0.2) is 81.3 Å². The van der Waals surface area contributed by atoms with Gasteiger partial charge in [-0.2, -0.15) is 11.8 Å². The Kier molecular flexibility index (Phi) is 21.3. The molecule has 2 unspecified atom stereocenters. The number of nitrogens with one attached hydrogen (secondary N) is 3. The average Bonchev–Trinajstić information content (AvgIpc) is 3.58. The second-order valence-corrected chi connectivity index (χ2v) is 17.7. The molecule has 1 heterocycles. The minimum atomic E-state index is -1.05. The van der Waals surface area contributed by atoms with Crippen molar-refractivity contribution >= 4 is 41.3 Å². The first-order valence-corrected chi connectivity index (χ1v) is 22.9. The van der Waals surface area contributed by atoms with Gasteiger partial charge in [-0.05, 0) is 80.4 Å². The van der Waals surface area contributed by atoms with Crippen molar-refractivity contribution in [2.24, 2.45) is 23.5 Å². The van der Waals surface area contributed by atoms with Crippen LogP contribution in [0.2, 0.25) is 0 Å². The number of nitrogens with two attached hydrogens (primary N) is 1. The van der Waals surface area contributed by atoms with Crippen LogP contribution in [0.25, 0.3) is 0 Å². The summed E-state index contributed by atoms with van der Waals surface area (Å²) in [5.74, 6) is 0.371. The van der Waals surface area contributed by atoms with Crippen LogP contribution in [0.3, 0.4) is 0 Å². The largest absolute Gasteiger partial charge is 0.392 e. The van der Waals surface area contributed by atoms with Crippen LogP contribution in [0.4, 0.5) is 4.79 Å². The van der Waals surface area contributed by atoms with E-state index in [4.69, 9.17) is 10.8 Å². The number of thioether (sulfide) groups is 1. The molecule has 3 aliphatic carbocycles. The fraction of sp³-hybridized carbons (Fsp3) is 0.750. The number of urea groups is 1. The number of benzene rings is 1. The predicted octanol–water partition coefficient (Wildman–Crippen LogP) is 7.03. The predicted molar refractivity (Wildman–Crippen MR) is 226 cm³/mol. The first-order valence-electron chi connectivity index (χ1n) is 21.8. The summed E-state index contributed by atoms with van der Waals surface area (Å²) >= 11 is 1.92. The standard InChI is InChI=1S/C35H59N5O5S.C7H8O.C2H6/c1-24(2)17-21-46-23-35(18-8-3-4-9-19-35)39-34(45)38-29(26-14-6-5-7-15-26)33(44)40-20-11-16-28(40)32(43)37-27(30(41)31(36)42)22-25-12-10-13-25;8-6-7-4-2-1-3-5-7;1-2/h24-29H,3-23H2,1-2H3,(H2,36,42)(H,37,43)(H2,38,39,45);1-5,8H,6H2;1-2H3/t27?,28-,29?;;/m0../s1. The highest BCUT2D eigenvalue weighted by Crippen LogP contribution is 2.33. The van der Waals surface area contributed by atoms with E-state index in [9.17, 15) is 24.0 Å². The van der Waals surface area contributed by atoms with Crippen molar-refractivity contribution in [1.29, 1.82) is 0 Å². The van der Waals surface area contributed by atoms with Gasteiger partial charge < -0.3 is 31.7 Å². The van der Waals surface area contributed by atoms with Crippen LogP contribution >= 0.6 is 11.8 Å². The number of hydrogen-bond donors (Lipinski definition) is 5. The summed E-state index contributed by atoms with van der Waals surface area (Å²) in [7, 11) is 0. The summed E-state index contributed by atoms with van der Waals surface area (Å²) in [6, 6.07) is 6.79. The third-order valence-electron chi connectivity index (χ3n) is 11.9. The van der Waals surface area contributed by atoms with Crippen LogP contribution in [0.5, 0.6) is 0 Å². The Bertz CT molecular complexity index is 1340. The van der Waals surface area contributed by atoms with Crippen molar-refractivity contribution in [3.8, 4) is 0 Å². The molecule has 4 aliphatic rings. The number of carbonyl (C=O) groups excluding carboxylic acids is 5. The van der Waals surface area contributed by atoms with E-state index in [0.29, 0.717) is 31.7 Å². The number of likely N-dealkylation sites (tertiary alicyclic amines) is 1. The summed E-state index contributed by atoms with van der Waals surface area (Å²) in [6.07, 6.45) is 16.9. The summed E-state index contributed by atoms with van der Waals surface area (Å²) in [5.41, 5.74) is 6.00. The molecule has 3 saturated carbocycles. The smallest absolute Gasteiger partial charge is 0.315 e. The zero-order chi connectivity index (χ0) is 40.9. The molecule has 316 valence electrons. The number of Topliss-reactive ketones (excluding diaryl/α,β-unsaturated/α-hetero) is 1. The Hall–Kier alpha value is -3.12. The molecule has 0 bridgehead atoms. The molecule has 0 radical (unpaired) electrons. The summed E-state index contributed by atoms with van der Waals surface area (Å²) in [6.45, 7) is 9.02. The maximum absolute atomic E-state index is 14.3. The zero-order valence-electron chi connectivity index (χ0n) is 34.8. The van der Waals surface area contributed by atoms with E-state index >= 15 is 0 Å². The van der Waals surface area contributed by atoms with Gasteiger partial charge in [-0.25, -0.2) is 4.79 Å². The number of ketones is 1. The highest BCUT2D eigenvalue weighted by atomic mass is 32.2. The van der Waals surface area contributed by atoms with Gasteiger partial charge in [0.1, 0.15) is 12.1 Å². The Balaban J connectivity index is 0.000000737. The van der Waals surface area contributed by atoms with Gasteiger partial charge >= 0.3 is 6.03 Å². The van der Waals surface area contributed by atoms with Gasteiger partial charge in [0.05, 0.1) is 18.2 Å². The molecule has 3 atom stereocenters. The van der Waals surface area contributed by atoms with Crippen molar-refractivity contribution in [2.75, 3.05) is 18.1 Å². The lowest BCUT2D eigenvalue weighted by molar-refractivity contribution is -0.143. The normalized spacial score (nSPS) is 20.8. The monoisotopic (exact) mass is 800 g/mol. The lowest BCUT2D eigenvalue weighted by atomic mass is 9.80. The molecule has 12 heteroatoms. The summed E-state index contributed by atoms with van der Waals surface area (Å²) in [4.78, 5) is 67.7. The number of nitrogens with zero attached hydrogens (tertiary/aromatic N) is 1. The third kappa shape index (κ3) is 15.3. The van der Waals surface area contributed by atoms with Crippen LogP contribution < -0.4 is 21.7 Å². The maximum atomic E-state index is 14.3. The summed E-state index contributed by atoms with van der Waals surface area (Å²) < 4.78 is 0. The lowest BCUT2D eigenvalue weighted by Gasteiger charge is -2.37. The highest BCUT2D eigenvalue weighted by Gasteiger charge is 2.43. The number of amides is 5. The lowest BCUT2D eigenvalue weighted by Crippen LogP contribution is -2.61. The fourth-order valence-corrected chi connectivity index (χ4v) is 9.90. The van der Waals surface area contributed by atoms with Gasteiger partial charge in [0.25, 0.3) is 5.91 Å². The molecule has 1 aliphatic heterocycles. The highest BCUT2D eigenvalue weighted by molar-refractivity contribution is 7.99. The average molecular weight is 800 g/mol. The maximum Gasteiger partial charge on any atom is 0.315 e. The molecule has 1 saturated heterocycles. The van der Waals surface area contributed by atoms with Gasteiger partial charge in [0.2, 0.25) is 17.6 Å². The molecule has 5 rings (SSSR count). The molecule has 1 aromatic carbocycles. The van der Waals surface area contributed by atoms with Crippen molar-refractivity contribution in [3.05, 3.63) is 35.9 Å². The third-order valence-corrected chi connectivity index (χ3v) is 13.1. The molecule has 1 aromatic rings. The van der Waals surface area contributed by atoms with Crippen LogP contribution in [0.15, 0.2) is 30.3 Å². The molecular weight excluding hydrogens is 727 g/mol.